The normalized spacial score (nSPS) is 16.5. The van der Waals surface area contributed by atoms with Crippen LogP contribution in [-0.4, -0.2) is 55.4 Å². The fourth-order valence-corrected chi connectivity index (χ4v) is 4.56. The van der Waals surface area contributed by atoms with Gasteiger partial charge >= 0.3 is 11.8 Å². The third-order valence-corrected chi connectivity index (χ3v) is 6.72. The number of ether oxygens (including phenoxy) is 1. The molecular formula is C20H22N4O7S. The number of nitro groups is 1. The summed E-state index contributed by atoms with van der Waals surface area (Å²) in [5.74, 6) is -1.77. The summed E-state index contributed by atoms with van der Waals surface area (Å²) in [7, 11) is -4.01. The molecule has 0 aromatic heterocycles. The van der Waals surface area contributed by atoms with Gasteiger partial charge in [0.2, 0.25) is 10.0 Å². The van der Waals surface area contributed by atoms with Gasteiger partial charge in [-0.15, -0.1) is 0 Å². The van der Waals surface area contributed by atoms with Gasteiger partial charge in [-0.1, -0.05) is 29.8 Å². The zero-order valence-corrected chi connectivity index (χ0v) is 18.0. The summed E-state index contributed by atoms with van der Waals surface area (Å²) in [6.45, 7) is 2.02. The number of carbonyl (C=O) groups is 2. The molecule has 1 unspecified atom stereocenters. The Labute approximate surface area is 184 Å². The Hall–Kier alpha value is -3.35. The number of hydrogen-bond donors (Lipinski definition) is 2. The number of carbonyl (C=O) groups excluding carboxylic acids is 2. The van der Waals surface area contributed by atoms with E-state index in [0.29, 0.717) is 0 Å². The molecule has 3 rings (SSSR count). The van der Waals surface area contributed by atoms with E-state index in [2.05, 4.69) is 10.6 Å². The summed E-state index contributed by atoms with van der Waals surface area (Å²) in [4.78, 5) is 34.1. The monoisotopic (exact) mass is 462 g/mol. The van der Waals surface area contributed by atoms with E-state index in [1.165, 1.54) is 0 Å². The van der Waals surface area contributed by atoms with Gasteiger partial charge in [-0.25, -0.2) is 8.42 Å². The summed E-state index contributed by atoms with van der Waals surface area (Å²) in [6, 6.07) is 11.9. The maximum atomic E-state index is 12.9. The number of non-ortho nitro benzene ring substituents is 1. The van der Waals surface area contributed by atoms with Crippen LogP contribution in [0, 0.1) is 17.0 Å². The second kappa shape index (κ2) is 9.85. The van der Waals surface area contributed by atoms with Gasteiger partial charge in [0, 0.05) is 25.2 Å². The molecule has 32 heavy (non-hydrogen) atoms. The Morgan fingerprint density at radius 1 is 1.09 bits per heavy atom. The van der Waals surface area contributed by atoms with Crippen molar-refractivity contribution in [2.24, 2.45) is 0 Å². The minimum Gasteiger partial charge on any atom is -0.359 e. The van der Waals surface area contributed by atoms with E-state index < -0.39 is 33.0 Å². The molecule has 2 aromatic carbocycles. The molecule has 12 heteroatoms. The molecule has 11 nitrogen and oxygen atoms in total. The molecule has 170 valence electrons. The predicted molar refractivity (Wildman–Crippen MR) is 113 cm³/mol. The van der Waals surface area contributed by atoms with E-state index in [9.17, 15) is 28.1 Å². The lowest BCUT2D eigenvalue weighted by Crippen LogP contribution is -2.47. The zero-order chi connectivity index (χ0) is 23.3. The van der Waals surface area contributed by atoms with Crippen molar-refractivity contribution in [2.75, 3.05) is 19.7 Å². The van der Waals surface area contributed by atoms with Crippen LogP contribution in [0.2, 0.25) is 0 Å². The summed E-state index contributed by atoms with van der Waals surface area (Å²) in [5.41, 5.74) is 1.67. The van der Waals surface area contributed by atoms with Gasteiger partial charge in [-0.3, -0.25) is 19.7 Å². The van der Waals surface area contributed by atoms with E-state index in [0.717, 1.165) is 39.7 Å². The Morgan fingerprint density at radius 2 is 1.72 bits per heavy atom. The molecule has 0 bridgehead atoms. The molecule has 0 spiro atoms. The Kier molecular flexibility index (Phi) is 7.18. The molecule has 1 saturated heterocycles. The number of benzene rings is 2. The van der Waals surface area contributed by atoms with Crippen molar-refractivity contribution in [2.45, 2.75) is 24.6 Å². The molecule has 0 aliphatic carbocycles. The van der Waals surface area contributed by atoms with Crippen molar-refractivity contribution in [3.63, 3.8) is 0 Å². The van der Waals surface area contributed by atoms with Crippen LogP contribution < -0.4 is 10.6 Å². The molecule has 1 heterocycles. The summed E-state index contributed by atoms with van der Waals surface area (Å²) < 4.78 is 32.2. The fourth-order valence-electron chi connectivity index (χ4n) is 3.05. The smallest absolute Gasteiger partial charge is 0.309 e. The van der Waals surface area contributed by atoms with Gasteiger partial charge in [0.1, 0.15) is 6.23 Å². The number of nitrogens with zero attached hydrogens (tertiary/aromatic N) is 2. The van der Waals surface area contributed by atoms with Gasteiger partial charge < -0.3 is 15.4 Å². The molecule has 1 fully saturated rings. The van der Waals surface area contributed by atoms with Crippen LogP contribution in [0.5, 0.6) is 0 Å². The minimum atomic E-state index is -4.01. The number of hydrogen-bond acceptors (Lipinski definition) is 7. The first-order chi connectivity index (χ1) is 15.2. The Morgan fingerprint density at radius 3 is 2.34 bits per heavy atom. The van der Waals surface area contributed by atoms with E-state index >= 15 is 0 Å². The average Bonchev–Trinajstić information content (AvgIpc) is 3.26. The summed E-state index contributed by atoms with van der Waals surface area (Å²) >= 11 is 0. The second-order valence-electron chi connectivity index (χ2n) is 7.07. The average molecular weight is 462 g/mol. The Balaban J connectivity index is 1.56. The predicted octanol–water partition coefficient (Wildman–Crippen LogP) is 0.683. The van der Waals surface area contributed by atoms with Gasteiger partial charge in [0.25, 0.3) is 5.69 Å². The number of nitrogens with one attached hydrogen (secondary N) is 2. The first-order valence-corrected chi connectivity index (χ1v) is 11.1. The number of rotatable bonds is 7. The summed E-state index contributed by atoms with van der Waals surface area (Å²) in [5, 5.41) is 15.6. The quantitative estimate of drug-likeness (QED) is 0.349. The van der Waals surface area contributed by atoms with E-state index in [1.54, 1.807) is 0 Å². The SMILES string of the molecule is Cc1ccc(CNC(=O)C(=O)NCC2OCCN2S(=O)(=O)c2ccc([N+](=O)[O-])cc2)cc1. The molecule has 1 aliphatic heterocycles. The highest BCUT2D eigenvalue weighted by Crippen LogP contribution is 2.24. The third-order valence-electron chi connectivity index (χ3n) is 4.81. The van der Waals surface area contributed by atoms with Crippen molar-refractivity contribution >= 4 is 27.5 Å². The topological polar surface area (TPSA) is 148 Å². The maximum Gasteiger partial charge on any atom is 0.309 e. The van der Waals surface area contributed by atoms with Gasteiger partial charge in [0.05, 0.1) is 23.0 Å². The lowest BCUT2D eigenvalue weighted by atomic mass is 10.1. The van der Waals surface area contributed by atoms with Crippen LogP contribution in [0.3, 0.4) is 0 Å². The fraction of sp³-hybridized carbons (Fsp3) is 0.300. The lowest BCUT2D eigenvalue weighted by molar-refractivity contribution is -0.384. The molecule has 0 saturated carbocycles. The molecule has 1 aliphatic rings. The molecule has 1 atom stereocenters. The highest BCUT2D eigenvalue weighted by atomic mass is 32.2. The van der Waals surface area contributed by atoms with E-state index in [1.807, 2.05) is 31.2 Å². The van der Waals surface area contributed by atoms with Crippen LogP contribution >= 0.6 is 0 Å². The van der Waals surface area contributed by atoms with Gasteiger partial charge in [0.15, 0.2) is 0 Å². The first kappa shape index (κ1) is 23.3. The van der Waals surface area contributed by atoms with Crippen molar-refractivity contribution in [1.29, 1.82) is 0 Å². The highest BCUT2D eigenvalue weighted by molar-refractivity contribution is 7.89. The van der Waals surface area contributed by atoms with E-state index in [4.69, 9.17) is 4.74 Å². The molecule has 0 radical (unpaired) electrons. The number of amides is 2. The van der Waals surface area contributed by atoms with Crippen LogP contribution in [-0.2, 0) is 30.9 Å². The lowest BCUT2D eigenvalue weighted by Gasteiger charge is -2.22. The van der Waals surface area contributed by atoms with Crippen molar-refractivity contribution in [3.05, 3.63) is 69.8 Å². The first-order valence-electron chi connectivity index (χ1n) is 9.68. The van der Waals surface area contributed by atoms with Gasteiger partial charge in [-0.05, 0) is 24.6 Å². The molecule has 2 amide bonds. The number of nitro benzene ring substituents is 1. The third kappa shape index (κ3) is 5.46. The van der Waals surface area contributed by atoms with E-state index in [-0.39, 0.29) is 36.8 Å². The van der Waals surface area contributed by atoms with Gasteiger partial charge in [-0.2, -0.15) is 4.31 Å². The zero-order valence-electron chi connectivity index (χ0n) is 17.2. The van der Waals surface area contributed by atoms with Crippen LogP contribution in [0.4, 0.5) is 5.69 Å². The molecule has 2 N–H and O–H groups in total. The van der Waals surface area contributed by atoms with Crippen molar-refractivity contribution in [1.82, 2.24) is 14.9 Å². The number of aryl methyl sites for hydroxylation is 1. The largest absolute Gasteiger partial charge is 0.359 e. The van der Waals surface area contributed by atoms with Crippen LogP contribution in [0.1, 0.15) is 11.1 Å². The maximum absolute atomic E-state index is 12.9. The Bertz CT molecular complexity index is 1100. The number of sulfonamides is 1. The van der Waals surface area contributed by atoms with Crippen molar-refractivity contribution in [3.8, 4) is 0 Å². The van der Waals surface area contributed by atoms with Crippen LogP contribution in [0.25, 0.3) is 0 Å². The second-order valence-corrected chi connectivity index (χ2v) is 8.96. The van der Waals surface area contributed by atoms with Crippen LogP contribution in [0.15, 0.2) is 53.4 Å². The standard InChI is InChI=1S/C20H22N4O7S/c1-14-2-4-15(5-3-14)12-21-19(25)20(26)22-13-18-23(10-11-31-18)32(29,30)17-8-6-16(7-9-17)24(27)28/h2-9,18H,10-13H2,1H3,(H,21,25)(H,22,26). The summed E-state index contributed by atoms with van der Waals surface area (Å²) in [6.07, 6.45) is -1.01. The van der Waals surface area contributed by atoms with Crippen molar-refractivity contribution < 1.29 is 27.7 Å². The molecular weight excluding hydrogens is 440 g/mol. The highest BCUT2D eigenvalue weighted by Gasteiger charge is 2.36. The molecule has 2 aromatic rings. The minimum absolute atomic E-state index is 0.0411.